The summed E-state index contributed by atoms with van der Waals surface area (Å²) in [4.78, 5) is 0. The maximum atomic E-state index is 10.7. The lowest BCUT2D eigenvalue weighted by atomic mass is 9.92. The summed E-state index contributed by atoms with van der Waals surface area (Å²) in [6.07, 6.45) is 6.09. The number of hydrogen-bond acceptors (Lipinski definition) is 4. The second kappa shape index (κ2) is 5.80. The minimum atomic E-state index is -0.624. The SMILES string of the molecule is CCCn1nncc1C(O)C1(OCC)CCCC1. The number of aromatic nitrogens is 3. The summed E-state index contributed by atoms with van der Waals surface area (Å²) in [5, 5.41) is 18.6. The zero-order valence-corrected chi connectivity index (χ0v) is 11.3. The number of aryl methyl sites for hydroxylation is 1. The lowest BCUT2D eigenvalue weighted by Crippen LogP contribution is -2.37. The third kappa shape index (κ3) is 2.42. The third-order valence-corrected chi connectivity index (χ3v) is 3.74. The van der Waals surface area contributed by atoms with Crippen molar-refractivity contribution >= 4 is 0 Å². The van der Waals surface area contributed by atoms with Crippen LogP contribution in [0.4, 0.5) is 0 Å². The highest BCUT2D eigenvalue weighted by Gasteiger charge is 2.43. The molecular weight excluding hydrogens is 230 g/mol. The van der Waals surface area contributed by atoms with Crippen molar-refractivity contribution in [3.63, 3.8) is 0 Å². The Labute approximate surface area is 108 Å². The fraction of sp³-hybridized carbons (Fsp3) is 0.846. The second-order valence-corrected chi connectivity index (χ2v) is 4.99. The minimum Gasteiger partial charge on any atom is -0.384 e. The van der Waals surface area contributed by atoms with E-state index < -0.39 is 11.7 Å². The van der Waals surface area contributed by atoms with Crippen molar-refractivity contribution in [1.29, 1.82) is 0 Å². The first kappa shape index (κ1) is 13.5. The molecule has 1 fully saturated rings. The molecule has 1 N–H and O–H groups in total. The fourth-order valence-electron chi connectivity index (χ4n) is 2.89. The molecule has 0 aromatic carbocycles. The summed E-state index contributed by atoms with van der Waals surface area (Å²) in [7, 11) is 0. The highest BCUT2D eigenvalue weighted by atomic mass is 16.5. The maximum Gasteiger partial charge on any atom is 0.126 e. The molecule has 0 bridgehead atoms. The smallest absolute Gasteiger partial charge is 0.126 e. The normalized spacial score (nSPS) is 20.2. The Morgan fingerprint density at radius 1 is 1.44 bits per heavy atom. The van der Waals surface area contributed by atoms with E-state index in [1.54, 1.807) is 10.9 Å². The summed E-state index contributed by atoms with van der Waals surface area (Å²) in [5.74, 6) is 0. The van der Waals surface area contributed by atoms with Gasteiger partial charge in [-0.05, 0) is 26.2 Å². The first-order valence-corrected chi connectivity index (χ1v) is 6.94. The summed E-state index contributed by atoms with van der Waals surface area (Å²) in [5.41, 5.74) is 0.356. The van der Waals surface area contributed by atoms with Crippen molar-refractivity contribution in [3.8, 4) is 0 Å². The Hall–Kier alpha value is -0.940. The summed E-state index contributed by atoms with van der Waals surface area (Å²) in [6.45, 7) is 5.49. The van der Waals surface area contributed by atoms with E-state index in [1.165, 1.54) is 0 Å². The number of nitrogens with zero attached hydrogens (tertiary/aromatic N) is 3. The van der Waals surface area contributed by atoms with Crippen LogP contribution in [0.15, 0.2) is 6.20 Å². The molecule has 102 valence electrons. The van der Waals surface area contributed by atoms with E-state index in [2.05, 4.69) is 17.2 Å². The number of hydrogen-bond donors (Lipinski definition) is 1. The Morgan fingerprint density at radius 3 is 2.78 bits per heavy atom. The van der Waals surface area contributed by atoms with Crippen LogP contribution in [0.25, 0.3) is 0 Å². The molecule has 0 radical (unpaired) electrons. The van der Waals surface area contributed by atoms with Crippen LogP contribution in [0.2, 0.25) is 0 Å². The molecule has 1 heterocycles. The van der Waals surface area contributed by atoms with E-state index in [0.717, 1.165) is 44.3 Å². The van der Waals surface area contributed by atoms with Gasteiger partial charge in [0.05, 0.1) is 17.5 Å². The second-order valence-electron chi connectivity index (χ2n) is 4.99. The molecular formula is C13H23N3O2. The summed E-state index contributed by atoms with van der Waals surface area (Å²) >= 11 is 0. The van der Waals surface area contributed by atoms with Gasteiger partial charge < -0.3 is 9.84 Å². The number of aliphatic hydroxyl groups is 1. The van der Waals surface area contributed by atoms with Crippen molar-refractivity contribution in [2.24, 2.45) is 0 Å². The molecule has 1 atom stereocenters. The topological polar surface area (TPSA) is 60.2 Å². The molecule has 1 saturated carbocycles. The monoisotopic (exact) mass is 253 g/mol. The Balaban J connectivity index is 2.22. The first-order valence-electron chi connectivity index (χ1n) is 6.94. The Kier molecular flexibility index (Phi) is 4.35. The summed E-state index contributed by atoms with van der Waals surface area (Å²) < 4.78 is 7.69. The quantitative estimate of drug-likeness (QED) is 0.843. The van der Waals surface area contributed by atoms with Gasteiger partial charge in [-0.2, -0.15) is 0 Å². The average molecular weight is 253 g/mol. The van der Waals surface area contributed by atoms with Crippen molar-refractivity contribution in [2.45, 2.75) is 64.2 Å². The minimum absolute atomic E-state index is 0.429. The molecule has 2 rings (SSSR count). The van der Waals surface area contributed by atoms with E-state index in [-0.39, 0.29) is 0 Å². The van der Waals surface area contributed by atoms with Crippen LogP contribution in [0.1, 0.15) is 57.7 Å². The third-order valence-electron chi connectivity index (χ3n) is 3.74. The molecule has 0 spiro atoms. The van der Waals surface area contributed by atoms with Gasteiger partial charge in [-0.1, -0.05) is 25.0 Å². The molecule has 1 aliphatic rings. The standard InChI is InChI=1S/C13H23N3O2/c1-3-9-16-11(10-14-15-16)12(17)13(18-4-2)7-5-6-8-13/h10,12,17H,3-9H2,1-2H3. The van der Waals surface area contributed by atoms with Crippen LogP contribution >= 0.6 is 0 Å². The van der Waals surface area contributed by atoms with E-state index in [1.807, 2.05) is 6.92 Å². The maximum absolute atomic E-state index is 10.7. The van der Waals surface area contributed by atoms with Gasteiger partial charge in [0.15, 0.2) is 0 Å². The molecule has 1 aliphatic carbocycles. The molecule has 1 aromatic heterocycles. The van der Waals surface area contributed by atoms with Crippen molar-refractivity contribution < 1.29 is 9.84 Å². The first-order chi connectivity index (χ1) is 8.73. The van der Waals surface area contributed by atoms with Gasteiger partial charge in [0.1, 0.15) is 6.10 Å². The Morgan fingerprint density at radius 2 is 2.17 bits per heavy atom. The van der Waals surface area contributed by atoms with Crippen LogP contribution in [-0.4, -0.2) is 32.3 Å². The summed E-state index contributed by atoms with van der Waals surface area (Å²) in [6, 6.07) is 0. The van der Waals surface area contributed by atoms with Crippen LogP contribution in [0.5, 0.6) is 0 Å². The van der Waals surface area contributed by atoms with Gasteiger partial charge in [0.2, 0.25) is 0 Å². The zero-order valence-electron chi connectivity index (χ0n) is 11.3. The molecule has 5 nitrogen and oxygen atoms in total. The average Bonchev–Trinajstić information content (AvgIpc) is 2.99. The van der Waals surface area contributed by atoms with Gasteiger partial charge in [-0.15, -0.1) is 5.10 Å². The molecule has 0 saturated heterocycles. The predicted molar refractivity (Wildman–Crippen MR) is 68.1 cm³/mol. The number of rotatable bonds is 6. The van der Waals surface area contributed by atoms with Gasteiger partial charge in [-0.25, -0.2) is 4.68 Å². The largest absolute Gasteiger partial charge is 0.384 e. The highest BCUT2D eigenvalue weighted by molar-refractivity contribution is 5.09. The van der Waals surface area contributed by atoms with Crippen LogP contribution < -0.4 is 0 Å². The molecule has 0 aliphatic heterocycles. The van der Waals surface area contributed by atoms with Crippen molar-refractivity contribution in [2.75, 3.05) is 6.61 Å². The number of ether oxygens (including phenoxy) is 1. The molecule has 0 amide bonds. The van der Waals surface area contributed by atoms with Crippen LogP contribution in [-0.2, 0) is 11.3 Å². The van der Waals surface area contributed by atoms with E-state index in [4.69, 9.17) is 4.74 Å². The van der Waals surface area contributed by atoms with Gasteiger partial charge in [0, 0.05) is 13.2 Å². The lowest BCUT2D eigenvalue weighted by molar-refractivity contribution is -0.121. The highest BCUT2D eigenvalue weighted by Crippen LogP contribution is 2.42. The predicted octanol–water partition coefficient (Wildman–Crippen LogP) is 2.07. The van der Waals surface area contributed by atoms with Gasteiger partial charge in [-0.3, -0.25) is 0 Å². The fourth-order valence-corrected chi connectivity index (χ4v) is 2.89. The zero-order chi connectivity index (χ0) is 13.0. The van der Waals surface area contributed by atoms with Crippen molar-refractivity contribution in [3.05, 3.63) is 11.9 Å². The van der Waals surface area contributed by atoms with Gasteiger partial charge >= 0.3 is 0 Å². The van der Waals surface area contributed by atoms with E-state index in [0.29, 0.717) is 6.61 Å². The molecule has 1 unspecified atom stereocenters. The lowest BCUT2D eigenvalue weighted by Gasteiger charge is -2.33. The van der Waals surface area contributed by atoms with Crippen LogP contribution in [0.3, 0.4) is 0 Å². The van der Waals surface area contributed by atoms with Crippen LogP contribution in [0, 0.1) is 0 Å². The van der Waals surface area contributed by atoms with Crippen molar-refractivity contribution in [1.82, 2.24) is 15.0 Å². The Bertz CT molecular complexity index is 372. The molecule has 5 heteroatoms. The van der Waals surface area contributed by atoms with E-state index >= 15 is 0 Å². The number of aliphatic hydroxyl groups excluding tert-OH is 1. The molecule has 1 aromatic rings. The van der Waals surface area contributed by atoms with Gasteiger partial charge in [0.25, 0.3) is 0 Å². The molecule has 18 heavy (non-hydrogen) atoms. The van der Waals surface area contributed by atoms with E-state index in [9.17, 15) is 5.11 Å².